The third-order valence-electron chi connectivity index (χ3n) is 4.77. The highest BCUT2D eigenvalue weighted by Gasteiger charge is 2.35. The van der Waals surface area contributed by atoms with E-state index < -0.39 is 0 Å². The number of phenolic OH excluding ortho intramolecular Hbond substituents is 1. The average molecular weight is 345 g/mol. The molecule has 0 radical (unpaired) electrons. The molecule has 0 saturated carbocycles. The second-order valence-electron chi connectivity index (χ2n) is 11.4. The fraction of sp³-hybridized carbons (Fsp3) is 0.667. The third kappa shape index (κ3) is 5.90. The zero-order valence-electron chi connectivity index (χ0n) is 18.3. The molecule has 0 aliphatic carbocycles. The highest BCUT2D eigenvalue weighted by molar-refractivity contribution is 5.58. The molecule has 0 amide bonds. The zero-order valence-corrected chi connectivity index (χ0v) is 18.3. The quantitative estimate of drug-likeness (QED) is 0.587. The van der Waals surface area contributed by atoms with Crippen LogP contribution in [-0.2, 0) is 10.8 Å². The lowest BCUT2D eigenvalue weighted by Gasteiger charge is -2.37. The minimum atomic E-state index is -0.103. The first-order chi connectivity index (χ1) is 11.0. The normalized spacial score (nSPS) is 13.8. The van der Waals surface area contributed by atoms with Gasteiger partial charge in [-0.2, -0.15) is 0 Å². The zero-order chi connectivity index (χ0) is 19.8. The van der Waals surface area contributed by atoms with Gasteiger partial charge in [0.15, 0.2) is 0 Å². The van der Waals surface area contributed by atoms with Crippen molar-refractivity contribution in [3.63, 3.8) is 0 Å². The summed E-state index contributed by atoms with van der Waals surface area (Å²) < 4.78 is 0. The first-order valence-electron chi connectivity index (χ1n) is 9.49. The topological polar surface area (TPSA) is 20.2 Å². The van der Waals surface area contributed by atoms with Gasteiger partial charge >= 0.3 is 0 Å². The van der Waals surface area contributed by atoms with Crippen LogP contribution in [0.4, 0.5) is 0 Å². The monoisotopic (exact) mass is 344 g/mol. The van der Waals surface area contributed by atoms with E-state index in [1.165, 1.54) is 0 Å². The molecule has 1 nitrogen and oxygen atoms in total. The summed E-state index contributed by atoms with van der Waals surface area (Å²) in [4.78, 5) is 0. The molecule has 0 bridgehead atoms. The van der Waals surface area contributed by atoms with E-state index >= 15 is 0 Å². The summed E-state index contributed by atoms with van der Waals surface area (Å²) in [6.07, 6.45) is 3.91. The van der Waals surface area contributed by atoms with Gasteiger partial charge in [0.2, 0.25) is 0 Å². The van der Waals surface area contributed by atoms with Crippen molar-refractivity contribution in [1.29, 1.82) is 0 Å². The van der Waals surface area contributed by atoms with Crippen LogP contribution in [0.2, 0.25) is 0 Å². The number of rotatable bonds is 5. The van der Waals surface area contributed by atoms with E-state index in [0.717, 1.165) is 29.5 Å². The van der Waals surface area contributed by atoms with Gasteiger partial charge in [0.25, 0.3) is 0 Å². The molecule has 1 N–H and O–H groups in total. The molecule has 0 unspecified atom stereocenters. The van der Waals surface area contributed by atoms with Crippen LogP contribution in [0.1, 0.15) is 98.8 Å². The lowest BCUT2D eigenvalue weighted by molar-refractivity contribution is 0.268. The molecule has 0 saturated heterocycles. The number of benzene rings is 1. The summed E-state index contributed by atoms with van der Waals surface area (Å²) >= 11 is 0. The molecule has 25 heavy (non-hydrogen) atoms. The van der Waals surface area contributed by atoms with Crippen LogP contribution >= 0.6 is 0 Å². The summed E-state index contributed by atoms with van der Waals surface area (Å²) in [7, 11) is 0. The minimum Gasteiger partial charge on any atom is -0.507 e. The van der Waals surface area contributed by atoms with E-state index in [4.69, 9.17) is 0 Å². The van der Waals surface area contributed by atoms with Crippen LogP contribution in [0.25, 0.3) is 6.08 Å². The highest BCUT2D eigenvalue weighted by atomic mass is 16.3. The molecule has 0 atom stereocenters. The van der Waals surface area contributed by atoms with Gasteiger partial charge in [0, 0.05) is 11.1 Å². The Morgan fingerprint density at radius 3 is 1.32 bits per heavy atom. The van der Waals surface area contributed by atoms with Gasteiger partial charge in [-0.05, 0) is 52.2 Å². The Kier molecular flexibility index (Phi) is 5.95. The molecule has 142 valence electrons. The predicted octanol–water partition coefficient (Wildman–Crippen LogP) is 7.46. The molecular weight excluding hydrogens is 304 g/mol. The second-order valence-corrected chi connectivity index (χ2v) is 11.4. The largest absolute Gasteiger partial charge is 0.507 e. The summed E-state index contributed by atoms with van der Waals surface area (Å²) in [6.45, 7) is 26.5. The van der Waals surface area contributed by atoms with Crippen molar-refractivity contribution >= 4 is 6.08 Å². The number of hydrogen-bond acceptors (Lipinski definition) is 1. The molecule has 0 heterocycles. The number of hydrogen-bond donors (Lipinski definition) is 1. The summed E-state index contributed by atoms with van der Waals surface area (Å²) in [6, 6.07) is 4.23. The van der Waals surface area contributed by atoms with E-state index in [2.05, 4.69) is 87.9 Å². The van der Waals surface area contributed by atoms with E-state index in [1.807, 2.05) is 6.08 Å². The van der Waals surface area contributed by atoms with Crippen LogP contribution in [-0.4, -0.2) is 5.11 Å². The Morgan fingerprint density at radius 2 is 1.08 bits per heavy atom. The van der Waals surface area contributed by atoms with Gasteiger partial charge < -0.3 is 5.11 Å². The standard InChI is InChI=1S/C24H40O/c1-12-17-13-18(23(8,9)15-21(2,3)4)20(25)19(14-17)24(10,11)16-22(5,6)7/h12-14,25H,1,15-16H2,2-11H3. The molecule has 0 spiro atoms. The van der Waals surface area contributed by atoms with E-state index in [9.17, 15) is 5.11 Å². The molecular formula is C24H40O. The van der Waals surface area contributed by atoms with Crippen molar-refractivity contribution in [2.24, 2.45) is 10.8 Å². The Hall–Kier alpha value is -1.24. The van der Waals surface area contributed by atoms with Crippen molar-refractivity contribution in [3.8, 4) is 5.75 Å². The average Bonchev–Trinajstić information content (AvgIpc) is 2.32. The molecule has 0 aromatic heterocycles. The minimum absolute atomic E-state index is 0.103. The maximum absolute atomic E-state index is 11.2. The van der Waals surface area contributed by atoms with E-state index in [0.29, 0.717) is 5.75 Å². The van der Waals surface area contributed by atoms with Crippen molar-refractivity contribution in [2.75, 3.05) is 0 Å². The van der Waals surface area contributed by atoms with Crippen LogP contribution < -0.4 is 0 Å². The van der Waals surface area contributed by atoms with Crippen LogP contribution in [0, 0.1) is 10.8 Å². The Morgan fingerprint density at radius 1 is 0.760 bits per heavy atom. The smallest absolute Gasteiger partial charge is 0.123 e. The van der Waals surface area contributed by atoms with Gasteiger partial charge in [-0.15, -0.1) is 0 Å². The fourth-order valence-electron chi connectivity index (χ4n) is 4.65. The van der Waals surface area contributed by atoms with Gasteiger partial charge in [0.05, 0.1) is 0 Å². The van der Waals surface area contributed by atoms with E-state index in [1.54, 1.807) is 0 Å². The number of phenols is 1. The number of aromatic hydroxyl groups is 1. The third-order valence-corrected chi connectivity index (χ3v) is 4.77. The maximum atomic E-state index is 11.2. The Balaban J connectivity index is 3.56. The lowest BCUT2D eigenvalue weighted by Crippen LogP contribution is -2.28. The van der Waals surface area contributed by atoms with Gasteiger partial charge in [-0.1, -0.05) is 81.9 Å². The summed E-state index contributed by atoms with van der Waals surface area (Å²) in [5.41, 5.74) is 3.35. The molecule has 1 heteroatoms. The molecule has 0 aliphatic rings. The first kappa shape index (κ1) is 21.8. The SMILES string of the molecule is C=Cc1cc(C(C)(C)CC(C)(C)C)c(O)c(C(C)(C)CC(C)(C)C)c1. The van der Waals surface area contributed by atoms with Crippen LogP contribution in [0.15, 0.2) is 18.7 Å². The maximum Gasteiger partial charge on any atom is 0.123 e. The van der Waals surface area contributed by atoms with E-state index in [-0.39, 0.29) is 21.7 Å². The molecule has 1 aromatic carbocycles. The molecule has 0 aliphatic heterocycles. The molecule has 1 rings (SSSR count). The Bertz CT molecular complexity index is 569. The van der Waals surface area contributed by atoms with Crippen molar-refractivity contribution in [3.05, 3.63) is 35.4 Å². The first-order valence-corrected chi connectivity index (χ1v) is 9.49. The summed E-state index contributed by atoms with van der Waals surface area (Å²) in [5, 5.41) is 11.2. The molecule has 1 aromatic rings. The lowest BCUT2D eigenvalue weighted by atomic mass is 9.68. The second kappa shape index (κ2) is 6.82. The van der Waals surface area contributed by atoms with Gasteiger partial charge in [-0.3, -0.25) is 0 Å². The Labute approximate surface area is 156 Å². The van der Waals surface area contributed by atoms with Gasteiger partial charge in [-0.25, -0.2) is 0 Å². The van der Waals surface area contributed by atoms with Crippen molar-refractivity contribution in [1.82, 2.24) is 0 Å². The van der Waals surface area contributed by atoms with Crippen molar-refractivity contribution in [2.45, 2.75) is 92.9 Å². The predicted molar refractivity (Wildman–Crippen MR) is 112 cm³/mol. The highest BCUT2D eigenvalue weighted by Crippen LogP contribution is 2.47. The summed E-state index contributed by atoms with van der Waals surface area (Å²) in [5.74, 6) is 0.467. The van der Waals surface area contributed by atoms with Crippen LogP contribution in [0.3, 0.4) is 0 Å². The molecule has 0 fully saturated rings. The van der Waals surface area contributed by atoms with Crippen molar-refractivity contribution < 1.29 is 5.11 Å². The van der Waals surface area contributed by atoms with Gasteiger partial charge in [0.1, 0.15) is 5.75 Å². The van der Waals surface area contributed by atoms with Crippen LogP contribution in [0.5, 0.6) is 5.75 Å². The fourth-order valence-corrected chi connectivity index (χ4v) is 4.65.